The van der Waals surface area contributed by atoms with Crippen LogP contribution in [0.3, 0.4) is 0 Å². The number of sulfonamides is 1. The van der Waals surface area contributed by atoms with E-state index in [2.05, 4.69) is 0 Å². The van der Waals surface area contributed by atoms with Crippen molar-refractivity contribution in [1.29, 1.82) is 0 Å². The van der Waals surface area contributed by atoms with Crippen molar-refractivity contribution in [3.63, 3.8) is 0 Å². The molecule has 0 saturated carbocycles. The number of aliphatic hydroxyl groups is 1. The lowest BCUT2D eigenvalue weighted by Crippen LogP contribution is -2.35. The van der Waals surface area contributed by atoms with Crippen molar-refractivity contribution in [3.8, 4) is 0 Å². The Hall–Kier alpha value is -3.08. The molecule has 0 aromatic heterocycles. The van der Waals surface area contributed by atoms with Gasteiger partial charge in [-0.3, -0.25) is 9.59 Å². The highest BCUT2D eigenvalue weighted by Gasteiger charge is 2.46. The standard InChI is InChI=1S/C23H26FN3O5S/c1-25(2)13-14-27-20(17-7-5-6-8-18(17)24)19(22(29)23(27)30)21(28)15-9-11-16(12-10-15)33(31,32)26(3)4/h5-12,20,28H,13-14H2,1-4H3/b21-19+. The molecule has 2 aromatic rings. The first kappa shape index (κ1) is 24.6. The van der Waals surface area contributed by atoms with E-state index < -0.39 is 39.3 Å². The number of amides is 1. The van der Waals surface area contributed by atoms with Gasteiger partial charge in [-0.15, -0.1) is 0 Å². The van der Waals surface area contributed by atoms with Gasteiger partial charge < -0.3 is 14.9 Å². The summed E-state index contributed by atoms with van der Waals surface area (Å²) in [6, 6.07) is 9.94. The van der Waals surface area contributed by atoms with Crippen molar-refractivity contribution < 1.29 is 27.5 Å². The molecule has 2 aromatic carbocycles. The molecule has 0 radical (unpaired) electrons. The third-order valence-corrected chi connectivity index (χ3v) is 7.26. The zero-order valence-corrected chi connectivity index (χ0v) is 19.6. The molecular weight excluding hydrogens is 449 g/mol. The highest BCUT2D eigenvalue weighted by atomic mass is 32.2. The lowest BCUT2D eigenvalue weighted by atomic mass is 9.95. The Morgan fingerprint density at radius 1 is 1.03 bits per heavy atom. The SMILES string of the molecule is CN(C)CCN1C(=O)C(=O)/C(=C(/O)c2ccc(S(=O)(=O)N(C)C)cc2)C1c1ccccc1F. The number of halogens is 1. The van der Waals surface area contributed by atoms with Crippen LogP contribution in [0.15, 0.2) is 59.0 Å². The second kappa shape index (κ2) is 9.42. The summed E-state index contributed by atoms with van der Waals surface area (Å²) < 4.78 is 40.4. The van der Waals surface area contributed by atoms with Crippen LogP contribution in [-0.2, 0) is 19.6 Å². The summed E-state index contributed by atoms with van der Waals surface area (Å²) >= 11 is 0. The number of Topliss-reactive ketones (excluding diaryl/α,β-unsaturated/α-hetero) is 1. The smallest absolute Gasteiger partial charge is 0.295 e. The Kier molecular flexibility index (Phi) is 7.01. The number of carbonyl (C=O) groups excluding carboxylic acids is 2. The predicted molar refractivity (Wildman–Crippen MR) is 121 cm³/mol. The molecule has 1 N–H and O–H groups in total. The van der Waals surface area contributed by atoms with Crippen molar-refractivity contribution in [2.24, 2.45) is 0 Å². The van der Waals surface area contributed by atoms with Crippen molar-refractivity contribution in [3.05, 3.63) is 71.0 Å². The minimum Gasteiger partial charge on any atom is -0.507 e. The van der Waals surface area contributed by atoms with Crippen LogP contribution in [0.25, 0.3) is 5.76 Å². The summed E-state index contributed by atoms with van der Waals surface area (Å²) in [5.41, 5.74) is -0.0180. The first-order chi connectivity index (χ1) is 15.5. The molecule has 8 nitrogen and oxygen atoms in total. The van der Waals surface area contributed by atoms with Crippen LogP contribution in [0.5, 0.6) is 0 Å². The van der Waals surface area contributed by atoms with Gasteiger partial charge in [-0.2, -0.15) is 0 Å². The fraction of sp³-hybridized carbons (Fsp3) is 0.304. The maximum atomic E-state index is 14.7. The third-order valence-electron chi connectivity index (χ3n) is 5.43. The summed E-state index contributed by atoms with van der Waals surface area (Å²) in [6.45, 7) is 0.572. The van der Waals surface area contributed by atoms with E-state index in [0.717, 1.165) is 4.31 Å². The van der Waals surface area contributed by atoms with Crippen molar-refractivity contribution >= 4 is 27.5 Å². The number of aliphatic hydroxyl groups excluding tert-OH is 1. The van der Waals surface area contributed by atoms with E-state index >= 15 is 0 Å². The lowest BCUT2D eigenvalue weighted by molar-refractivity contribution is -0.140. The Balaban J connectivity index is 2.14. The van der Waals surface area contributed by atoms with Gasteiger partial charge in [0.25, 0.3) is 11.7 Å². The maximum absolute atomic E-state index is 14.7. The molecule has 0 bridgehead atoms. The number of nitrogens with zero attached hydrogens (tertiary/aromatic N) is 3. The molecule has 3 rings (SSSR count). The number of hydrogen-bond acceptors (Lipinski definition) is 6. The van der Waals surface area contributed by atoms with Gasteiger partial charge in [0, 0.05) is 38.3 Å². The number of likely N-dealkylation sites (tertiary alicyclic amines) is 1. The Morgan fingerprint density at radius 2 is 1.64 bits per heavy atom. The molecule has 1 amide bonds. The molecule has 0 spiro atoms. The van der Waals surface area contributed by atoms with E-state index in [-0.39, 0.29) is 28.1 Å². The number of hydrogen-bond donors (Lipinski definition) is 1. The van der Waals surface area contributed by atoms with E-state index in [9.17, 15) is 27.5 Å². The Labute approximate surface area is 192 Å². The number of likely N-dealkylation sites (N-methyl/N-ethyl adjacent to an activating group) is 1. The van der Waals surface area contributed by atoms with E-state index in [0.29, 0.717) is 6.54 Å². The number of ketones is 1. The van der Waals surface area contributed by atoms with Gasteiger partial charge in [-0.25, -0.2) is 17.1 Å². The van der Waals surface area contributed by atoms with Gasteiger partial charge in [0.15, 0.2) is 0 Å². The molecule has 1 heterocycles. The van der Waals surface area contributed by atoms with Gasteiger partial charge in [-0.05, 0) is 44.4 Å². The highest BCUT2D eigenvalue weighted by molar-refractivity contribution is 7.89. The van der Waals surface area contributed by atoms with E-state index in [1.165, 1.54) is 61.5 Å². The molecular formula is C23H26FN3O5S. The van der Waals surface area contributed by atoms with Crippen LogP contribution in [0, 0.1) is 5.82 Å². The Bertz CT molecular complexity index is 1210. The lowest BCUT2D eigenvalue weighted by Gasteiger charge is -2.26. The minimum atomic E-state index is -3.69. The topological polar surface area (TPSA) is 98.2 Å². The van der Waals surface area contributed by atoms with E-state index in [4.69, 9.17) is 0 Å². The molecule has 0 aliphatic carbocycles. The monoisotopic (exact) mass is 475 g/mol. The quantitative estimate of drug-likeness (QED) is 0.374. The zero-order valence-electron chi connectivity index (χ0n) is 18.8. The summed E-state index contributed by atoms with van der Waals surface area (Å²) in [5, 5.41) is 11.0. The van der Waals surface area contributed by atoms with E-state index in [1.807, 2.05) is 4.90 Å². The summed E-state index contributed by atoms with van der Waals surface area (Å²) in [4.78, 5) is 28.8. The largest absolute Gasteiger partial charge is 0.507 e. The van der Waals surface area contributed by atoms with E-state index in [1.54, 1.807) is 20.2 Å². The van der Waals surface area contributed by atoms with Crippen molar-refractivity contribution in [2.75, 3.05) is 41.3 Å². The molecule has 33 heavy (non-hydrogen) atoms. The normalized spacial score (nSPS) is 18.5. The van der Waals surface area contributed by atoms with Crippen molar-refractivity contribution in [2.45, 2.75) is 10.9 Å². The van der Waals surface area contributed by atoms with Crippen LogP contribution in [0.1, 0.15) is 17.2 Å². The number of rotatable bonds is 7. The molecule has 1 aliphatic rings. The van der Waals surface area contributed by atoms with Crippen molar-refractivity contribution in [1.82, 2.24) is 14.1 Å². The highest BCUT2D eigenvalue weighted by Crippen LogP contribution is 2.40. The van der Waals surface area contributed by atoms with Crippen LogP contribution in [0.2, 0.25) is 0 Å². The fourth-order valence-electron chi connectivity index (χ4n) is 3.59. The first-order valence-corrected chi connectivity index (χ1v) is 11.6. The van der Waals surface area contributed by atoms with Gasteiger partial charge in [0.05, 0.1) is 16.5 Å². The minimum absolute atomic E-state index is 0.00105. The number of carbonyl (C=O) groups is 2. The maximum Gasteiger partial charge on any atom is 0.295 e. The average molecular weight is 476 g/mol. The molecule has 10 heteroatoms. The summed E-state index contributed by atoms with van der Waals surface area (Å²) in [7, 11) is 2.71. The van der Waals surface area contributed by atoms with Gasteiger partial charge in [0.2, 0.25) is 10.0 Å². The van der Waals surface area contributed by atoms with Gasteiger partial charge in [-0.1, -0.05) is 18.2 Å². The average Bonchev–Trinajstić information content (AvgIpc) is 3.02. The summed E-state index contributed by atoms with van der Waals surface area (Å²) in [5.74, 6) is -2.87. The second-order valence-corrected chi connectivity index (χ2v) is 10.3. The number of benzene rings is 2. The van der Waals surface area contributed by atoms with Gasteiger partial charge in [0.1, 0.15) is 11.6 Å². The van der Waals surface area contributed by atoms with Crippen LogP contribution >= 0.6 is 0 Å². The third kappa shape index (κ3) is 4.68. The molecule has 176 valence electrons. The van der Waals surface area contributed by atoms with Gasteiger partial charge >= 0.3 is 0 Å². The second-order valence-electron chi connectivity index (χ2n) is 8.13. The summed E-state index contributed by atoms with van der Waals surface area (Å²) in [6.07, 6.45) is 0. The van der Waals surface area contributed by atoms with Crippen LogP contribution in [0.4, 0.5) is 4.39 Å². The van der Waals surface area contributed by atoms with Crippen LogP contribution in [-0.4, -0.2) is 80.6 Å². The zero-order chi connectivity index (χ0) is 24.5. The van der Waals surface area contributed by atoms with Crippen LogP contribution < -0.4 is 0 Å². The Morgan fingerprint density at radius 3 is 2.18 bits per heavy atom. The molecule has 1 fully saturated rings. The molecule has 1 atom stereocenters. The molecule has 1 aliphatic heterocycles. The molecule has 1 unspecified atom stereocenters. The first-order valence-electron chi connectivity index (χ1n) is 10.2. The molecule has 1 saturated heterocycles. The predicted octanol–water partition coefficient (Wildman–Crippen LogP) is 2.06. The fourth-order valence-corrected chi connectivity index (χ4v) is 4.49.